The first-order valence-corrected chi connectivity index (χ1v) is 2.25. The van der Waals surface area contributed by atoms with Crippen molar-refractivity contribution in [1.29, 1.82) is 0 Å². The second-order valence-corrected chi connectivity index (χ2v) is 1.90. The maximum Gasteiger partial charge on any atom is 2.00 e. The van der Waals surface area contributed by atoms with Gasteiger partial charge < -0.3 is 7.96 Å². The molecule has 2 nitrogen and oxygen atoms in total. The van der Waals surface area contributed by atoms with Gasteiger partial charge in [0.2, 0.25) is 0 Å². The van der Waals surface area contributed by atoms with Gasteiger partial charge in [-0.15, -0.1) is 0 Å². The maximum atomic E-state index is 11.8. The molecule has 1 unspecified atom stereocenters. The number of aliphatic carboxylic acids is 1. The van der Waals surface area contributed by atoms with Gasteiger partial charge in [0.25, 0.3) is 0 Å². The SMILES string of the molecule is O=C(O)C(F)(Cl)C(F)(F)F.[Ca+2].[H-].[H-]. The molecule has 0 spiro atoms. The largest absolute Gasteiger partial charge is 2.00 e. The molecule has 0 amide bonds. The van der Waals surface area contributed by atoms with E-state index < -0.39 is 17.3 Å². The van der Waals surface area contributed by atoms with Crippen molar-refractivity contribution >= 4 is 55.3 Å². The van der Waals surface area contributed by atoms with E-state index in [9.17, 15) is 22.4 Å². The number of carboxylic acids is 1. The van der Waals surface area contributed by atoms with Crippen LogP contribution in [0.2, 0.25) is 0 Å². The Morgan fingerprint density at radius 3 is 1.64 bits per heavy atom. The van der Waals surface area contributed by atoms with Gasteiger partial charge in [-0.2, -0.15) is 13.2 Å². The second kappa shape index (κ2) is 4.11. The van der Waals surface area contributed by atoms with Crippen LogP contribution in [0.15, 0.2) is 0 Å². The fourth-order valence-electron chi connectivity index (χ4n) is 0.121. The zero-order valence-corrected chi connectivity index (χ0v) is 7.92. The Kier molecular flexibility index (Phi) is 5.34. The number of carbonyl (C=O) groups is 1. The summed E-state index contributed by atoms with van der Waals surface area (Å²) in [6.45, 7) is 0. The first-order valence-electron chi connectivity index (χ1n) is 1.87. The Labute approximate surface area is 96.5 Å². The molecular weight excluding hydrogens is 220 g/mol. The van der Waals surface area contributed by atoms with E-state index in [1.807, 2.05) is 0 Å². The molecule has 0 bridgehead atoms. The molecule has 0 radical (unpaired) electrons. The number of halogens is 5. The van der Waals surface area contributed by atoms with Gasteiger partial charge in [0, 0.05) is 0 Å². The smallest absolute Gasteiger partial charge is 1.00 e. The third-order valence-corrected chi connectivity index (χ3v) is 1.00. The number of rotatable bonds is 1. The van der Waals surface area contributed by atoms with Crippen molar-refractivity contribution in [2.75, 3.05) is 0 Å². The van der Waals surface area contributed by atoms with Crippen LogP contribution in [0.3, 0.4) is 0 Å². The zero-order valence-electron chi connectivity index (χ0n) is 6.95. The van der Waals surface area contributed by atoms with E-state index in [4.69, 9.17) is 5.11 Å². The van der Waals surface area contributed by atoms with Gasteiger partial charge in [-0.3, -0.25) is 0 Å². The van der Waals surface area contributed by atoms with Crippen LogP contribution in [0.1, 0.15) is 2.85 Å². The Bertz CT molecular complexity index is 164. The Morgan fingerprint density at radius 1 is 1.36 bits per heavy atom. The van der Waals surface area contributed by atoms with Crippen LogP contribution in [0, 0.1) is 0 Å². The van der Waals surface area contributed by atoms with Crippen LogP contribution in [0.25, 0.3) is 0 Å². The van der Waals surface area contributed by atoms with E-state index in [1.165, 1.54) is 0 Å². The molecule has 1 N–H and O–H groups in total. The number of carboxylic acid groups (broad SMARTS) is 1. The summed E-state index contributed by atoms with van der Waals surface area (Å²) in [6, 6.07) is 0. The maximum absolute atomic E-state index is 11.8. The predicted molar refractivity (Wildman–Crippen MR) is 31.4 cm³/mol. The van der Waals surface area contributed by atoms with Crippen LogP contribution in [0.4, 0.5) is 17.6 Å². The van der Waals surface area contributed by atoms with Gasteiger partial charge in [-0.05, 0) is 0 Å². The summed E-state index contributed by atoms with van der Waals surface area (Å²) in [6.07, 6.45) is -5.58. The zero-order chi connectivity index (χ0) is 8.58. The molecule has 0 heterocycles. The molecule has 0 aliphatic rings. The Balaban J connectivity index is -0.000000135. The molecule has 0 aliphatic carbocycles. The van der Waals surface area contributed by atoms with E-state index in [0.29, 0.717) is 0 Å². The Hall–Kier alpha value is 0.740. The molecule has 0 aliphatic heterocycles. The minimum atomic E-state index is -5.58. The molecule has 0 rings (SSSR count). The van der Waals surface area contributed by atoms with Crippen molar-refractivity contribution in [2.24, 2.45) is 0 Å². The predicted octanol–water partition coefficient (Wildman–Crippen LogP) is 1.38. The summed E-state index contributed by atoms with van der Waals surface area (Å²) in [4.78, 5) is 9.44. The van der Waals surface area contributed by atoms with Gasteiger partial charge in [0.1, 0.15) is 0 Å². The summed E-state index contributed by atoms with van der Waals surface area (Å²) in [5.74, 6) is -2.76. The van der Waals surface area contributed by atoms with Gasteiger partial charge in [0.05, 0.1) is 0 Å². The van der Waals surface area contributed by atoms with Crippen molar-refractivity contribution in [2.45, 2.75) is 11.3 Å². The molecule has 8 heteroatoms. The van der Waals surface area contributed by atoms with Crippen LogP contribution >= 0.6 is 11.6 Å². The van der Waals surface area contributed by atoms with E-state index in [0.717, 1.165) is 0 Å². The Morgan fingerprint density at radius 2 is 1.64 bits per heavy atom. The molecule has 64 valence electrons. The summed E-state index contributed by atoms with van der Waals surface area (Å²) < 4.78 is 45.3. The van der Waals surface area contributed by atoms with Gasteiger partial charge in [0.15, 0.2) is 0 Å². The fraction of sp³-hybridized carbons (Fsp3) is 0.667. The number of hydrogen-bond acceptors (Lipinski definition) is 1. The minimum absolute atomic E-state index is 0. The monoisotopic (exact) mass is 222 g/mol. The summed E-state index contributed by atoms with van der Waals surface area (Å²) in [5, 5.41) is 2.88. The van der Waals surface area contributed by atoms with E-state index in [2.05, 4.69) is 11.6 Å². The van der Waals surface area contributed by atoms with Gasteiger partial charge in [-0.1, -0.05) is 11.6 Å². The molecule has 0 saturated carbocycles. The van der Waals surface area contributed by atoms with E-state index >= 15 is 0 Å². The molecule has 0 aromatic carbocycles. The van der Waals surface area contributed by atoms with Crippen molar-refractivity contribution in [3.8, 4) is 0 Å². The second-order valence-electron chi connectivity index (χ2n) is 1.38. The molecule has 0 aromatic rings. The molecule has 0 fully saturated rings. The summed E-state index contributed by atoms with van der Waals surface area (Å²) in [7, 11) is 0. The first kappa shape index (κ1) is 14.3. The summed E-state index contributed by atoms with van der Waals surface area (Å²) >= 11 is 3.96. The molecule has 0 aromatic heterocycles. The quantitative estimate of drug-likeness (QED) is 0.414. The number of alkyl halides is 5. The minimum Gasteiger partial charge on any atom is -1.00 e. The van der Waals surface area contributed by atoms with E-state index in [1.54, 1.807) is 0 Å². The first-order chi connectivity index (χ1) is 4.19. The van der Waals surface area contributed by atoms with Crippen LogP contribution in [-0.4, -0.2) is 60.1 Å². The van der Waals surface area contributed by atoms with E-state index in [-0.39, 0.29) is 40.6 Å². The fourth-order valence-corrected chi connectivity index (χ4v) is 0.121. The average Bonchev–Trinajstić information content (AvgIpc) is 1.62. The third-order valence-electron chi connectivity index (χ3n) is 0.625. The van der Waals surface area contributed by atoms with Crippen molar-refractivity contribution in [1.82, 2.24) is 0 Å². The van der Waals surface area contributed by atoms with Gasteiger partial charge in [-0.25, -0.2) is 9.18 Å². The van der Waals surface area contributed by atoms with Crippen LogP contribution in [0.5, 0.6) is 0 Å². The normalized spacial score (nSPS) is 16.5. The number of hydrogen-bond donors (Lipinski definition) is 1. The molecule has 0 saturated heterocycles. The van der Waals surface area contributed by atoms with Crippen LogP contribution in [-0.2, 0) is 4.79 Å². The third kappa shape index (κ3) is 3.31. The summed E-state index contributed by atoms with van der Waals surface area (Å²) in [5.41, 5.74) is 0. The van der Waals surface area contributed by atoms with Crippen LogP contribution < -0.4 is 0 Å². The van der Waals surface area contributed by atoms with Crippen molar-refractivity contribution < 1.29 is 30.3 Å². The molecule has 1 atom stereocenters. The standard InChI is InChI=1S/C3HClF4O2.Ca.2H/c4-2(5,1(9)10)3(6,7)8;;;/h(H,9,10);;;/q;+2;2*-1. The topological polar surface area (TPSA) is 37.3 Å². The molecular formula is C3H3CaClF4O2. The van der Waals surface area contributed by atoms with Crippen molar-refractivity contribution in [3.05, 3.63) is 0 Å². The van der Waals surface area contributed by atoms with Crippen molar-refractivity contribution in [3.63, 3.8) is 0 Å². The molecule has 11 heavy (non-hydrogen) atoms. The average molecular weight is 223 g/mol. The van der Waals surface area contributed by atoms with Gasteiger partial charge >= 0.3 is 55.0 Å².